The van der Waals surface area contributed by atoms with Gasteiger partial charge in [0.25, 0.3) is 0 Å². The number of carbonyl (C=O) groups excluding carboxylic acids is 1. The van der Waals surface area contributed by atoms with Gasteiger partial charge in [0.15, 0.2) is 0 Å². The molecule has 0 aromatic heterocycles. The second kappa shape index (κ2) is 3.72. The fraction of sp³-hybridized carbons (Fsp3) is 0.875. The Morgan fingerprint density at radius 1 is 1.64 bits per heavy atom. The highest BCUT2D eigenvalue weighted by Crippen LogP contribution is 2.06. The Labute approximate surface area is 67.5 Å². The topological polar surface area (TPSA) is 41.1 Å². The van der Waals surface area contributed by atoms with E-state index in [0.29, 0.717) is 0 Å². The van der Waals surface area contributed by atoms with E-state index in [1.165, 1.54) is 0 Å². The highest BCUT2D eigenvalue weighted by molar-refractivity contribution is 5.79. The van der Waals surface area contributed by atoms with Gasteiger partial charge in [-0.15, -0.1) is 0 Å². The number of rotatable bonds is 2. The van der Waals surface area contributed by atoms with Crippen LogP contribution in [0.1, 0.15) is 20.3 Å². The van der Waals surface area contributed by atoms with Crippen molar-refractivity contribution in [2.24, 2.45) is 5.92 Å². The quantitative estimate of drug-likeness (QED) is 0.596. The third kappa shape index (κ3) is 2.50. The lowest BCUT2D eigenvalue weighted by Gasteiger charge is -2.11. The highest BCUT2D eigenvalue weighted by Gasteiger charge is 2.22. The zero-order valence-electron chi connectivity index (χ0n) is 7.18. The van der Waals surface area contributed by atoms with Crippen molar-refractivity contribution in [1.82, 2.24) is 10.6 Å². The van der Waals surface area contributed by atoms with Crippen molar-refractivity contribution in [1.29, 1.82) is 0 Å². The first-order valence-corrected chi connectivity index (χ1v) is 4.21. The summed E-state index contributed by atoms with van der Waals surface area (Å²) in [5, 5.41) is 6.07. The molecule has 3 heteroatoms. The van der Waals surface area contributed by atoms with Gasteiger partial charge in [0.1, 0.15) is 0 Å². The van der Waals surface area contributed by atoms with Gasteiger partial charge in [-0.25, -0.2) is 0 Å². The summed E-state index contributed by atoms with van der Waals surface area (Å²) in [6.07, 6.45) is 0.985. The van der Waals surface area contributed by atoms with E-state index in [0.717, 1.165) is 19.5 Å². The van der Waals surface area contributed by atoms with Crippen molar-refractivity contribution in [3.63, 3.8) is 0 Å². The molecule has 1 rings (SSSR count). The van der Waals surface area contributed by atoms with Crippen LogP contribution in [-0.2, 0) is 4.79 Å². The van der Waals surface area contributed by atoms with E-state index in [2.05, 4.69) is 10.6 Å². The maximum atomic E-state index is 11.3. The van der Waals surface area contributed by atoms with E-state index in [-0.39, 0.29) is 17.9 Å². The Hall–Kier alpha value is -0.570. The number of hydrogen-bond donors (Lipinski definition) is 2. The van der Waals surface area contributed by atoms with Crippen LogP contribution in [0.15, 0.2) is 0 Å². The van der Waals surface area contributed by atoms with Gasteiger partial charge in [-0.2, -0.15) is 0 Å². The number of nitrogens with one attached hydrogen (secondary N) is 2. The van der Waals surface area contributed by atoms with Gasteiger partial charge in [0, 0.05) is 12.6 Å². The monoisotopic (exact) mass is 156 g/mol. The third-order valence-corrected chi connectivity index (χ3v) is 1.86. The molecule has 0 saturated carbocycles. The predicted molar refractivity (Wildman–Crippen MR) is 44.3 cm³/mol. The van der Waals surface area contributed by atoms with Crippen molar-refractivity contribution in [2.75, 3.05) is 13.1 Å². The Morgan fingerprint density at radius 2 is 2.36 bits per heavy atom. The number of carbonyl (C=O) groups is 1. The first-order valence-electron chi connectivity index (χ1n) is 4.21. The molecular weight excluding hydrogens is 140 g/mol. The van der Waals surface area contributed by atoms with Crippen LogP contribution in [0.25, 0.3) is 0 Å². The molecule has 2 N–H and O–H groups in total. The minimum absolute atomic E-state index is 0.199. The molecule has 0 bridgehead atoms. The lowest BCUT2D eigenvalue weighted by atomic mass is 10.1. The zero-order valence-corrected chi connectivity index (χ0v) is 7.18. The van der Waals surface area contributed by atoms with Gasteiger partial charge in [-0.3, -0.25) is 4.79 Å². The molecule has 11 heavy (non-hydrogen) atoms. The summed E-state index contributed by atoms with van der Waals surface area (Å²) < 4.78 is 0. The Bertz CT molecular complexity index is 139. The highest BCUT2D eigenvalue weighted by atomic mass is 16.2. The SMILES string of the molecule is CC(C)NC(=O)C1CCNC1. The maximum Gasteiger partial charge on any atom is 0.224 e. The second-order valence-corrected chi connectivity index (χ2v) is 3.35. The number of amides is 1. The van der Waals surface area contributed by atoms with E-state index < -0.39 is 0 Å². The summed E-state index contributed by atoms with van der Waals surface area (Å²) in [7, 11) is 0. The fourth-order valence-corrected chi connectivity index (χ4v) is 1.28. The molecule has 1 heterocycles. The van der Waals surface area contributed by atoms with Gasteiger partial charge in [-0.05, 0) is 26.8 Å². The van der Waals surface area contributed by atoms with Crippen LogP contribution < -0.4 is 10.6 Å². The molecule has 0 spiro atoms. The zero-order chi connectivity index (χ0) is 8.27. The van der Waals surface area contributed by atoms with E-state index >= 15 is 0 Å². The Kier molecular flexibility index (Phi) is 2.88. The molecule has 1 fully saturated rings. The fourth-order valence-electron chi connectivity index (χ4n) is 1.28. The molecule has 1 saturated heterocycles. The molecule has 64 valence electrons. The van der Waals surface area contributed by atoms with E-state index in [4.69, 9.17) is 0 Å². The second-order valence-electron chi connectivity index (χ2n) is 3.35. The molecular formula is C8H16N2O. The maximum absolute atomic E-state index is 11.3. The van der Waals surface area contributed by atoms with Crippen molar-refractivity contribution in [2.45, 2.75) is 26.3 Å². The predicted octanol–water partition coefficient (Wildman–Crippen LogP) is 0.120. The first kappa shape index (κ1) is 8.53. The molecule has 1 aliphatic heterocycles. The van der Waals surface area contributed by atoms with Crippen LogP contribution >= 0.6 is 0 Å². The smallest absolute Gasteiger partial charge is 0.224 e. The Balaban J connectivity index is 2.28. The lowest BCUT2D eigenvalue weighted by molar-refractivity contribution is -0.124. The average molecular weight is 156 g/mol. The molecule has 3 nitrogen and oxygen atoms in total. The van der Waals surface area contributed by atoms with Gasteiger partial charge >= 0.3 is 0 Å². The molecule has 0 aromatic carbocycles. The summed E-state index contributed by atoms with van der Waals surface area (Å²) in [6, 6.07) is 0.267. The molecule has 1 unspecified atom stereocenters. The third-order valence-electron chi connectivity index (χ3n) is 1.86. The standard InChI is InChI=1S/C8H16N2O/c1-6(2)10-8(11)7-3-4-9-5-7/h6-7,9H,3-5H2,1-2H3,(H,10,11). The van der Waals surface area contributed by atoms with E-state index in [1.54, 1.807) is 0 Å². The van der Waals surface area contributed by atoms with E-state index in [1.807, 2.05) is 13.8 Å². The van der Waals surface area contributed by atoms with Gasteiger partial charge in [0.05, 0.1) is 5.92 Å². The van der Waals surface area contributed by atoms with Crippen LogP contribution in [0.5, 0.6) is 0 Å². The lowest BCUT2D eigenvalue weighted by Crippen LogP contribution is -2.36. The normalized spacial score (nSPS) is 24.1. The van der Waals surface area contributed by atoms with Crippen LogP contribution in [0, 0.1) is 5.92 Å². The van der Waals surface area contributed by atoms with Crippen LogP contribution in [0.2, 0.25) is 0 Å². The summed E-state index contributed by atoms with van der Waals surface area (Å²) in [4.78, 5) is 11.3. The molecule has 1 aliphatic rings. The summed E-state index contributed by atoms with van der Waals surface area (Å²) in [5.41, 5.74) is 0. The van der Waals surface area contributed by atoms with Crippen LogP contribution in [0.3, 0.4) is 0 Å². The van der Waals surface area contributed by atoms with Gasteiger partial charge in [0.2, 0.25) is 5.91 Å². The number of hydrogen-bond acceptors (Lipinski definition) is 2. The van der Waals surface area contributed by atoms with Crippen molar-refractivity contribution in [3.05, 3.63) is 0 Å². The summed E-state index contributed by atoms with van der Waals surface area (Å²) >= 11 is 0. The van der Waals surface area contributed by atoms with Crippen LogP contribution in [0.4, 0.5) is 0 Å². The van der Waals surface area contributed by atoms with Crippen LogP contribution in [-0.4, -0.2) is 25.0 Å². The molecule has 0 aromatic rings. The Morgan fingerprint density at radius 3 is 2.82 bits per heavy atom. The minimum Gasteiger partial charge on any atom is -0.354 e. The molecule has 0 aliphatic carbocycles. The van der Waals surface area contributed by atoms with Crippen molar-refractivity contribution >= 4 is 5.91 Å². The van der Waals surface area contributed by atoms with Crippen molar-refractivity contribution in [3.8, 4) is 0 Å². The first-order chi connectivity index (χ1) is 5.20. The summed E-state index contributed by atoms with van der Waals surface area (Å²) in [5.74, 6) is 0.405. The van der Waals surface area contributed by atoms with E-state index in [9.17, 15) is 4.79 Å². The largest absolute Gasteiger partial charge is 0.354 e. The molecule has 1 atom stereocenters. The average Bonchev–Trinajstić information content (AvgIpc) is 2.35. The summed E-state index contributed by atoms with van der Waals surface area (Å²) in [6.45, 7) is 5.80. The van der Waals surface area contributed by atoms with Crippen molar-refractivity contribution < 1.29 is 4.79 Å². The minimum atomic E-state index is 0.199. The molecule has 1 amide bonds. The molecule has 0 radical (unpaired) electrons. The van der Waals surface area contributed by atoms with Gasteiger partial charge < -0.3 is 10.6 Å². The van der Waals surface area contributed by atoms with Gasteiger partial charge in [-0.1, -0.05) is 0 Å².